The average Bonchev–Trinajstić information content (AvgIpc) is 0.811. The van der Waals surface area contributed by atoms with Gasteiger partial charge in [0.05, 0.1) is 0 Å². The van der Waals surface area contributed by atoms with Gasteiger partial charge in [0.2, 0.25) is 0 Å². The normalized spacial score (nSPS) is 4.00. The molecule has 0 unspecified atom stereocenters. The van der Waals surface area contributed by atoms with Crippen LogP contribution in [0, 0.1) is 0 Å². The second-order valence-electron chi connectivity index (χ2n) is 0.283. The van der Waals surface area contributed by atoms with Gasteiger partial charge in [-0.25, -0.2) is 4.79 Å². The summed E-state index contributed by atoms with van der Waals surface area (Å²) in [6.45, 7) is 0. The summed E-state index contributed by atoms with van der Waals surface area (Å²) >= 11 is 0. The summed E-state index contributed by atoms with van der Waals surface area (Å²) in [4.78, 5) is 8.56. The van der Waals surface area contributed by atoms with Crippen LogP contribution in [0.5, 0.6) is 0 Å². The van der Waals surface area contributed by atoms with Crippen molar-refractivity contribution in [1.29, 1.82) is 0 Å². The molecule has 0 aliphatic rings. The van der Waals surface area contributed by atoms with Crippen molar-refractivity contribution < 1.29 is 34.5 Å². The van der Waals surface area contributed by atoms with Crippen molar-refractivity contribution in [2.75, 3.05) is 0 Å². The molecule has 0 aliphatic heterocycles. The van der Waals surface area contributed by atoms with Crippen LogP contribution in [0.4, 0.5) is 4.79 Å². The van der Waals surface area contributed by atoms with Crippen LogP contribution in [-0.4, -0.2) is 43.7 Å². The molecule has 2 N–H and O–H groups in total. The van der Waals surface area contributed by atoms with Crippen LogP contribution in [0.1, 0.15) is 0 Å². The van der Waals surface area contributed by atoms with Gasteiger partial charge in [-0.05, 0) is 0 Å². The molecule has 3 nitrogen and oxygen atoms in total. The topological polar surface area (TPSA) is 57.5 Å². The van der Waals surface area contributed by atoms with Crippen LogP contribution in [0.25, 0.3) is 0 Å². The van der Waals surface area contributed by atoms with Gasteiger partial charge in [-0.3, -0.25) is 0 Å². The largest absolute Gasteiger partial charge is 0 e. The fourth-order valence-electron chi connectivity index (χ4n) is 0. The van der Waals surface area contributed by atoms with Crippen LogP contribution in [0.15, 0.2) is 0 Å². The molecule has 0 aromatic rings. The van der Waals surface area contributed by atoms with E-state index < -0.39 is 6.16 Å². The molecular weight excluding hydrogens is 333 g/mol. The second kappa shape index (κ2) is 9.26. The summed E-state index contributed by atoms with van der Waals surface area (Å²) in [5.74, 6) is 0. The summed E-state index contributed by atoms with van der Waals surface area (Å²) < 4.78 is 0. The second-order valence-corrected chi connectivity index (χ2v) is 0.283. The smallest absolute Gasteiger partial charge is 0 e. The molecule has 0 fully saturated rings. The molecule has 0 saturated heterocycles. The third-order valence-electron chi connectivity index (χ3n) is 0. The molecule has 0 aromatic carbocycles. The number of carboxylic acid groups (broad SMARTS) is 2. The van der Waals surface area contributed by atoms with Crippen molar-refractivity contribution in [3.63, 3.8) is 0 Å². The molecule has 32 valence electrons. The van der Waals surface area contributed by atoms with Crippen molar-refractivity contribution >= 4 is 33.5 Å². The molecule has 0 spiro atoms. The predicted molar refractivity (Wildman–Crippen MR) is 19.2 cm³/mol. The van der Waals surface area contributed by atoms with E-state index in [-0.39, 0.29) is 46.8 Å². The fraction of sp³-hybridized carbons (Fsp3) is 0. The van der Waals surface area contributed by atoms with Gasteiger partial charge in [0.15, 0.2) is 0 Å². The van der Waals surface area contributed by atoms with E-state index >= 15 is 0 Å². The first-order valence-electron chi connectivity index (χ1n) is 0.651. The quantitative estimate of drug-likeness (QED) is 0.576. The maximum Gasteiger partial charge on any atom is 0 e. The third kappa shape index (κ3) is 105. The molecule has 0 rings (SSSR count). The number of rotatable bonds is 0. The van der Waals surface area contributed by atoms with E-state index in [1.807, 2.05) is 0 Å². The molecule has 0 aliphatic carbocycles. The minimum absolute atomic E-state index is 0. The van der Waals surface area contributed by atoms with E-state index in [0.29, 0.717) is 0 Å². The third-order valence-corrected chi connectivity index (χ3v) is 0. The monoisotopic (exact) mass is 336 g/mol. The van der Waals surface area contributed by atoms with Crippen molar-refractivity contribution in [3.05, 3.63) is 0 Å². The molecule has 0 bridgehead atoms. The van der Waals surface area contributed by atoms with E-state index in [2.05, 4.69) is 0 Å². The minimum Gasteiger partial charge on any atom is 0 e. The molecule has 0 amide bonds. The van der Waals surface area contributed by atoms with Gasteiger partial charge in [-0.1, -0.05) is 0 Å². The molecule has 0 aromatic heterocycles. The van der Waals surface area contributed by atoms with Crippen molar-refractivity contribution in [1.82, 2.24) is 0 Å². The number of hydrogen-bond acceptors (Lipinski definition) is 1. The Bertz CT molecular complexity index is 33.8. The van der Waals surface area contributed by atoms with Crippen LogP contribution in [0.3, 0.4) is 0 Å². The summed E-state index contributed by atoms with van der Waals surface area (Å²) in [6, 6.07) is 0. The molecule has 0 atom stereocenters. The Hall–Kier alpha value is 0.815. The first-order chi connectivity index (χ1) is 1.73. The first kappa shape index (κ1) is 15.8. The maximum atomic E-state index is 8.56. The summed E-state index contributed by atoms with van der Waals surface area (Å²) in [5, 5.41) is 13.9. The van der Waals surface area contributed by atoms with Gasteiger partial charge in [0, 0.05) is 19.5 Å². The number of hydrogen-bond donors (Lipinski definition) is 2. The van der Waals surface area contributed by atoms with Crippen LogP contribution < -0.4 is 0 Å². The number of carbonyl (C=O) groups is 1. The van der Waals surface area contributed by atoms with E-state index in [9.17, 15) is 0 Å². The van der Waals surface area contributed by atoms with Gasteiger partial charge in [0.25, 0.3) is 0 Å². The first-order valence-corrected chi connectivity index (χ1v) is 0.651. The zero-order chi connectivity index (χ0) is 3.58. The standard InChI is InChI=1S/CH2O3.Pb.Zn.2H/c2-1(3)4;;;;/h(H2,2,3,4);;;;. The minimum atomic E-state index is -1.83. The van der Waals surface area contributed by atoms with Crippen molar-refractivity contribution in [3.8, 4) is 0 Å². The summed E-state index contributed by atoms with van der Waals surface area (Å²) in [6.07, 6.45) is -1.83. The van der Waals surface area contributed by atoms with Gasteiger partial charge in [0.1, 0.15) is 0 Å². The Labute approximate surface area is 67.7 Å². The van der Waals surface area contributed by atoms with Gasteiger partial charge >= 0.3 is 33.5 Å². The van der Waals surface area contributed by atoms with Crippen molar-refractivity contribution in [2.24, 2.45) is 0 Å². The molecule has 6 heavy (non-hydrogen) atoms. The Morgan fingerprint density at radius 1 is 1.33 bits per heavy atom. The van der Waals surface area contributed by atoms with E-state index in [4.69, 9.17) is 15.0 Å². The molecule has 5 heteroatoms. The van der Waals surface area contributed by atoms with E-state index in [0.717, 1.165) is 0 Å². The van der Waals surface area contributed by atoms with Crippen LogP contribution >= 0.6 is 0 Å². The predicted octanol–water partition coefficient (Wildman–Crippen LogP) is -0.696. The molecule has 0 saturated carbocycles. The Balaban J connectivity index is -0.0000000450. The van der Waals surface area contributed by atoms with Gasteiger partial charge < -0.3 is 10.2 Å². The Kier molecular flexibility index (Phi) is 24.4. The Morgan fingerprint density at radius 2 is 1.33 bits per heavy atom. The molecule has 0 heterocycles. The van der Waals surface area contributed by atoms with Crippen LogP contribution in [0.2, 0.25) is 0 Å². The van der Waals surface area contributed by atoms with Gasteiger partial charge in [-0.15, -0.1) is 0 Å². The molecule has 2 radical (unpaired) electrons. The average molecular weight is 337 g/mol. The SMILES string of the molecule is O=C(O)O.[PbH2].[Zn]. The maximum absolute atomic E-state index is 8.56. The summed E-state index contributed by atoms with van der Waals surface area (Å²) in [7, 11) is 0. The van der Waals surface area contributed by atoms with E-state index in [1.165, 1.54) is 0 Å². The Morgan fingerprint density at radius 3 is 1.33 bits per heavy atom. The summed E-state index contributed by atoms with van der Waals surface area (Å²) in [5.41, 5.74) is 0. The van der Waals surface area contributed by atoms with E-state index in [1.54, 1.807) is 0 Å². The zero-order valence-electron chi connectivity index (χ0n) is 3.22. The van der Waals surface area contributed by atoms with Crippen LogP contribution in [-0.2, 0) is 19.5 Å². The fourth-order valence-corrected chi connectivity index (χ4v) is 0. The van der Waals surface area contributed by atoms with Crippen molar-refractivity contribution in [2.45, 2.75) is 0 Å². The van der Waals surface area contributed by atoms with Gasteiger partial charge in [-0.2, -0.15) is 0 Å². The zero-order valence-corrected chi connectivity index (χ0v) is 11.7. The molecular formula is CH4O3PbZn.